The Bertz CT molecular complexity index is 925. The van der Waals surface area contributed by atoms with Gasteiger partial charge in [0, 0.05) is 34.4 Å². The van der Waals surface area contributed by atoms with Crippen LogP contribution in [0.4, 0.5) is 0 Å². The van der Waals surface area contributed by atoms with Crippen LogP contribution < -0.4 is 9.13 Å². The van der Waals surface area contributed by atoms with Crippen LogP contribution in [-0.4, -0.2) is 0 Å². The van der Waals surface area contributed by atoms with Gasteiger partial charge in [-0.2, -0.15) is 9.13 Å². The topological polar surface area (TPSA) is 7.76 Å². The number of benzene rings is 1. The van der Waals surface area contributed by atoms with Gasteiger partial charge in [0.05, 0.1) is 0 Å². The van der Waals surface area contributed by atoms with Crippen molar-refractivity contribution in [3.8, 4) is 23.7 Å². The van der Waals surface area contributed by atoms with E-state index in [1.54, 1.807) is 0 Å². The molecule has 2 aromatic heterocycles. The van der Waals surface area contributed by atoms with Crippen LogP contribution in [0.3, 0.4) is 0 Å². The molecule has 2 heterocycles. The molecule has 3 rings (SSSR count). The Labute approximate surface area is 155 Å². The van der Waals surface area contributed by atoms with Gasteiger partial charge in [-0.25, -0.2) is 0 Å². The van der Waals surface area contributed by atoms with Gasteiger partial charge >= 0.3 is 0 Å². The molecule has 0 aliphatic heterocycles. The molecule has 126 valence electrons. The zero-order valence-corrected chi connectivity index (χ0v) is 15.2. The molecule has 0 aliphatic carbocycles. The highest BCUT2D eigenvalue weighted by Gasteiger charge is 1.97. The molecular formula is C24H22N2+2. The van der Waals surface area contributed by atoms with E-state index >= 15 is 0 Å². The summed E-state index contributed by atoms with van der Waals surface area (Å²) in [4.78, 5) is 0. The molecule has 0 saturated heterocycles. The Morgan fingerprint density at radius 2 is 1.08 bits per heavy atom. The van der Waals surface area contributed by atoms with Crippen molar-refractivity contribution in [2.24, 2.45) is 0 Å². The third-order valence-electron chi connectivity index (χ3n) is 3.89. The quantitative estimate of drug-likeness (QED) is 0.501. The van der Waals surface area contributed by atoms with Crippen molar-refractivity contribution in [1.29, 1.82) is 0 Å². The van der Waals surface area contributed by atoms with Gasteiger partial charge in [0.25, 0.3) is 0 Å². The molecule has 0 saturated carbocycles. The second-order valence-electron chi connectivity index (χ2n) is 6.29. The molecule has 0 amide bonds. The fourth-order valence-electron chi connectivity index (χ4n) is 2.61. The van der Waals surface area contributed by atoms with E-state index in [9.17, 15) is 0 Å². The molecule has 1 aromatic carbocycles. The Morgan fingerprint density at radius 1 is 0.654 bits per heavy atom. The zero-order chi connectivity index (χ0) is 18.2. The number of hydrogen-bond donors (Lipinski definition) is 0. The summed E-state index contributed by atoms with van der Waals surface area (Å²) in [6.45, 7) is 5.55. The maximum absolute atomic E-state index is 3.21. The van der Waals surface area contributed by atoms with Gasteiger partial charge in [0.1, 0.15) is 0 Å². The van der Waals surface area contributed by atoms with Crippen LogP contribution in [-0.2, 0) is 13.1 Å². The molecule has 2 heteroatoms. The summed E-state index contributed by atoms with van der Waals surface area (Å²) < 4.78 is 4.18. The van der Waals surface area contributed by atoms with Gasteiger partial charge in [0.2, 0.25) is 13.1 Å². The van der Waals surface area contributed by atoms with E-state index in [0.29, 0.717) is 13.1 Å². The van der Waals surface area contributed by atoms with Crippen LogP contribution in [0.1, 0.15) is 22.3 Å². The molecule has 0 unspecified atom stereocenters. The largest absolute Gasteiger partial charge is 0.209 e. The van der Waals surface area contributed by atoms with Crippen molar-refractivity contribution in [2.45, 2.75) is 26.9 Å². The summed E-state index contributed by atoms with van der Waals surface area (Å²) in [5.74, 6) is 12.8. The fourth-order valence-corrected chi connectivity index (χ4v) is 2.61. The van der Waals surface area contributed by atoms with Crippen molar-refractivity contribution in [1.82, 2.24) is 0 Å². The lowest BCUT2D eigenvalue weighted by atomic mass is 10.1. The van der Waals surface area contributed by atoms with Gasteiger partial charge in [-0.3, -0.25) is 0 Å². The smallest absolute Gasteiger partial charge is 0.193 e. The molecule has 0 bridgehead atoms. The maximum Gasteiger partial charge on any atom is 0.209 e. The van der Waals surface area contributed by atoms with E-state index in [-0.39, 0.29) is 0 Å². The summed E-state index contributed by atoms with van der Waals surface area (Å²) in [5, 5.41) is 0. The standard InChI is InChI=1S/C24H22N2/c1-21-7-3-15-25(19-21)17-5-9-23-11-13-24(14-12-23)10-6-18-26-16-4-8-22(2)20-26/h3-4,7-8,11-16,19-20H,17-18H2,1-2H3/q+2. The minimum absolute atomic E-state index is 0.691. The third-order valence-corrected chi connectivity index (χ3v) is 3.89. The summed E-state index contributed by atoms with van der Waals surface area (Å²) >= 11 is 0. The van der Waals surface area contributed by atoms with Crippen molar-refractivity contribution in [3.05, 3.63) is 95.6 Å². The molecule has 0 fully saturated rings. The molecule has 26 heavy (non-hydrogen) atoms. The lowest BCUT2D eigenvalue weighted by Crippen LogP contribution is -2.32. The number of hydrogen-bond acceptors (Lipinski definition) is 0. The SMILES string of the molecule is Cc1ccc[n+](CC#Cc2ccc(C#CC[n+]3cccc(C)c3)cc2)c1. The predicted molar refractivity (Wildman–Crippen MR) is 103 cm³/mol. The molecule has 2 nitrogen and oxygen atoms in total. The van der Waals surface area contributed by atoms with Gasteiger partial charge < -0.3 is 0 Å². The van der Waals surface area contributed by atoms with Crippen LogP contribution in [0.5, 0.6) is 0 Å². The van der Waals surface area contributed by atoms with Gasteiger partial charge in [-0.1, -0.05) is 11.8 Å². The Balaban J connectivity index is 1.59. The average Bonchev–Trinajstić information content (AvgIpc) is 2.63. The lowest BCUT2D eigenvalue weighted by molar-refractivity contribution is -0.685. The number of aromatic nitrogens is 2. The minimum Gasteiger partial charge on any atom is -0.193 e. The molecule has 0 radical (unpaired) electrons. The van der Waals surface area contributed by atoms with Crippen LogP contribution in [0.2, 0.25) is 0 Å². The predicted octanol–water partition coefficient (Wildman–Crippen LogP) is 2.98. The summed E-state index contributed by atoms with van der Waals surface area (Å²) in [7, 11) is 0. The normalized spacial score (nSPS) is 9.62. The number of nitrogens with zero attached hydrogens (tertiary/aromatic N) is 2. The summed E-state index contributed by atoms with van der Waals surface area (Å²) in [6.07, 6.45) is 8.26. The lowest BCUT2D eigenvalue weighted by Gasteiger charge is -1.93. The van der Waals surface area contributed by atoms with E-state index in [0.717, 1.165) is 11.1 Å². The zero-order valence-electron chi connectivity index (χ0n) is 15.2. The molecule has 0 atom stereocenters. The first-order chi connectivity index (χ1) is 12.7. The van der Waals surface area contributed by atoms with Crippen LogP contribution in [0, 0.1) is 37.5 Å². The second-order valence-corrected chi connectivity index (χ2v) is 6.29. The molecule has 3 aromatic rings. The highest BCUT2D eigenvalue weighted by molar-refractivity contribution is 5.41. The molecule has 0 spiro atoms. The van der Waals surface area contributed by atoms with E-state index in [4.69, 9.17) is 0 Å². The van der Waals surface area contributed by atoms with E-state index in [2.05, 4.69) is 71.2 Å². The maximum atomic E-state index is 3.21. The average molecular weight is 338 g/mol. The Morgan fingerprint density at radius 3 is 1.46 bits per heavy atom. The third kappa shape index (κ3) is 5.33. The number of pyridine rings is 2. The van der Waals surface area contributed by atoms with Crippen molar-refractivity contribution in [2.75, 3.05) is 0 Å². The van der Waals surface area contributed by atoms with Gasteiger partial charge in [0.15, 0.2) is 24.8 Å². The summed E-state index contributed by atoms with van der Waals surface area (Å²) in [6, 6.07) is 16.4. The van der Waals surface area contributed by atoms with Crippen LogP contribution in [0.25, 0.3) is 0 Å². The molecule has 0 N–H and O–H groups in total. The first-order valence-corrected chi connectivity index (χ1v) is 8.68. The highest BCUT2D eigenvalue weighted by atomic mass is 14.9. The Hall–Kier alpha value is -3.36. The molecule has 0 aliphatic rings. The summed E-state index contributed by atoms with van der Waals surface area (Å²) in [5.41, 5.74) is 4.50. The van der Waals surface area contributed by atoms with E-state index in [1.165, 1.54) is 11.1 Å². The number of rotatable bonds is 2. The monoisotopic (exact) mass is 338 g/mol. The highest BCUT2D eigenvalue weighted by Crippen LogP contribution is 2.01. The van der Waals surface area contributed by atoms with E-state index < -0.39 is 0 Å². The van der Waals surface area contributed by atoms with E-state index in [1.807, 2.05) is 48.8 Å². The Kier molecular flexibility index (Phi) is 5.81. The second kappa shape index (κ2) is 8.65. The fraction of sp³-hybridized carbons (Fsp3) is 0.167. The van der Waals surface area contributed by atoms with Crippen molar-refractivity contribution < 1.29 is 9.13 Å². The molecular weight excluding hydrogens is 316 g/mol. The van der Waals surface area contributed by atoms with Gasteiger partial charge in [-0.05, 0) is 62.1 Å². The number of aryl methyl sites for hydroxylation is 2. The van der Waals surface area contributed by atoms with Crippen LogP contribution in [0.15, 0.2) is 73.3 Å². The first kappa shape index (κ1) is 17.5. The van der Waals surface area contributed by atoms with Crippen molar-refractivity contribution >= 4 is 0 Å². The van der Waals surface area contributed by atoms with Crippen molar-refractivity contribution in [3.63, 3.8) is 0 Å². The van der Waals surface area contributed by atoms with Crippen LogP contribution >= 0.6 is 0 Å². The minimum atomic E-state index is 0.691. The first-order valence-electron chi connectivity index (χ1n) is 8.68. The van der Waals surface area contributed by atoms with Gasteiger partial charge in [-0.15, -0.1) is 0 Å².